The zero-order valence-electron chi connectivity index (χ0n) is 18.3. The number of carbonyl (C=O) groups is 1. The van der Waals surface area contributed by atoms with Gasteiger partial charge in [-0.05, 0) is 43.2 Å². The second-order valence-corrected chi connectivity index (χ2v) is 11.2. The average Bonchev–Trinajstić information content (AvgIpc) is 3.31. The summed E-state index contributed by atoms with van der Waals surface area (Å²) in [5.41, 5.74) is 0.773. The van der Waals surface area contributed by atoms with Crippen molar-refractivity contribution in [2.45, 2.75) is 38.8 Å². The summed E-state index contributed by atoms with van der Waals surface area (Å²) in [5, 5.41) is 7.48. The third-order valence-corrected chi connectivity index (χ3v) is 8.14. The van der Waals surface area contributed by atoms with Crippen molar-refractivity contribution in [2.75, 3.05) is 32.4 Å². The quantitative estimate of drug-likeness (QED) is 0.673. The molecule has 32 heavy (non-hydrogen) atoms. The fourth-order valence-electron chi connectivity index (χ4n) is 4.73. The summed E-state index contributed by atoms with van der Waals surface area (Å²) in [4.78, 5) is 19.3. The monoisotopic (exact) mass is 481 g/mol. The molecule has 2 saturated heterocycles. The van der Waals surface area contributed by atoms with E-state index in [1.54, 1.807) is 13.0 Å². The Labute approximate surface area is 193 Å². The van der Waals surface area contributed by atoms with Crippen molar-refractivity contribution in [2.24, 2.45) is 5.41 Å². The molecule has 0 radical (unpaired) electrons. The molecule has 2 fully saturated rings. The van der Waals surface area contributed by atoms with Gasteiger partial charge in [-0.1, -0.05) is 35.0 Å². The van der Waals surface area contributed by atoms with Crippen LogP contribution in [0, 0.1) is 12.3 Å². The molecule has 1 amide bonds. The van der Waals surface area contributed by atoms with Gasteiger partial charge in [0.05, 0.1) is 18.8 Å². The van der Waals surface area contributed by atoms with Crippen LogP contribution < -0.4 is 5.32 Å². The van der Waals surface area contributed by atoms with Gasteiger partial charge in [-0.3, -0.25) is 9.69 Å². The molecule has 0 saturated carbocycles. The van der Waals surface area contributed by atoms with Gasteiger partial charge in [-0.25, -0.2) is 12.7 Å². The first-order valence-corrected chi connectivity index (χ1v) is 12.9. The van der Waals surface area contributed by atoms with Crippen molar-refractivity contribution in [3.8, 4) is 0 Å². The minimum atomic E-state index is -3.20. The number of nitrogens with one attached hydrogen (secondary N) is 1. The Kier molecular flexibility index (Phi) is 6.58. The van der Waals surface area contributed by atoms with Crippen LogP contribution in [0.4, 0.5) is 0 Å². The number of amides is 1. The van der Waals surface area contributed by atoms with Gasteiger partial charge in [-0.15, -0.1) is 0 Å². The minimum Gasteiger partial charge on any atom is -0.351 e. The molecular weight excluding hydrogens is 454 g/mol. The van der Waals surface area contributed by atoms with E-state index in [-0.39, 0.29) is 23.9 Å². The normalized spacial score (nSPS) is 21.8. The van der Waals surface area contributed by atoms with E-state index >= 15 is 0 Å². The molecule has 3 heterocycles. The van der Waals surface area contributed by atoms with Crippen LogP contribution in [0.15, 0.2) is 28.8 Å². The summed E-state index contributed by atoms with van der Waals surface area (Å²) in [5.74, 6) is 0.941. The van der Waals surface area contributed by atoms with Crippen LogP contribution in [0.1, 0.15) is 42.6 Å². The highest BCUT2D eigenvalue weighted by Crippen LogP contribution is 2.48. The number of sulfonamides is 1. The van der Waals surface area contributed by atoms with E-state index in [1.807, 2.05) is 18.2 Å². The molecule has 1 N–H and O–H groups in total. The predicted molar refractivity (Wildman–Crippen MR) is 119 cm³/mol. The average molecular weight is 482 g/mol. The number of hydrogen-bond donors (Lipinski definition) is 1. The summed E-state index contributed by atoms with van der Waals surface area (Å²) < 4.78 is 30.8. The Hall–Kier alpha value is -2.01. The van der Waals surface area contributed by atoms with E-state index in [4.69, 9.17) is 16.1 Å². The summed E-state index contributed by atoms with van der Waals surface area (Å²) in [6.07, 6.45) is 3.48. The standard InChI is InChI=1S/C21H28ClN5O4S/c1-15-24-20(31-25-15)18-11-21(7-9-27(10-8-21)32(2,29)30)14-26(18)13-19(28)23-12-16-5-3-4-6-17(16)22/h3-6,18H,7-14H2,1-2H3,(H,23,28). The van der Waals surface area contributed by atoms with E-state index in [0.717, 1.165) is 24.8 Å². The lowest BCUT2D eigenvalue weighted by Gasteiger charge is -2.38. The SMILES string of the molecule is Cc1noc(C2CC3(CCN(S(C)(=O)=O)CC3)CN2CC(=O)NCc2ccccc2Cl)n1. The smallest absolute Gasteiger partial charge is 0.244 e. The first kappa shape index (κ1) is 23.2. The molecule has 1 aromatic carbocycles. The van der Waals surface area contributed by atoms with E-state index in [0.29, 0.717) is 42.9 Å². The molecule has 1 aromatic heterocycles. The number of piperidine rings is 1. The molecule has 4 rings (SSSR count). The van der Waals surface area contributed by atoms with Gasteiger partial charge >= 0.3 is 0 Å². The molecule has 1 spiro atoms. The minimum absolute atomic E-state index is 0.0861. The van der Waals surface area contributed by atoms with Gasteiger partial charge in [0.1, 0.15) is 0 Å². The molecular formula is C21H28ClN5O4S. The fourth-order valence-corrected chi connectivity index (χ4v) is 5.78. The van der Waals surface area contributed by atoms with Crippen LogP contribution in [0.2, 0.25) is 5.02 Å². The number of benzene rings is 1. The Balaban J connectivity index is 1.45. The first-order chi connectivity index (χ1) is 15.2. The molecule has 1 atom stereocenters. The number of aryl methyl sites for hydroxylation is 1. The Morgan fingerprint density at radius 1 is 1.31 bits per heavy atom. The number of nitrogens with zero attached hydrogens (tertiary/aromatic N) is 4. The van der Waals surface area contributed by atoms with E-state index in [9.17, 15) is 13.2 Å². The zero-order valence-corrected chi connectivity index (χ0v) is 19.8. The first-order valence-electron chi connectivity index (χ1n) is 10.6. The maximum atomic E-state index is 12.8. The summed E-state index contributed by atoms with van der Waals surface area (Å²) in [7, 11) is -3.20. The van der Waals surface area contributed by atoms with E-state index < -0.39 is 10.0 Å². The third-order valence-electron chi connectivity index (χ3n) is 6.47. The molecule has 2 aliphatic heterocycles. The highest BCUT2D eigenvalue weighted by Gasteiger charge is 2.49. The summed E-state index contributed by atoms with van der Waals surface area (Å²) >= 11 is 6.19. The molecule has 0 bridgehead atoms. The van der Waals surface area contributed by atoms with Gasteiger partial charge in [0.15, 0.2) is 5.82 Å². The molecule has 2 aliphatic rings. The zero-order chi connectivity index (χ0) is 22.9. The maximum Gasteiger partial charge on any atom is 0.244 e. The van der Waals surface area contributed by atoms with Crippen LogP contribution in [0.5, 0.6) is 0 Å². The van der Waals surface area contributed by atoms with Gasteiger partial charge in [0.2, 0.25) is 21.8 Å². The largest absolute Gasteiger partial charge is 0.351 e. The number of carbonyl (C=O) groups excluding carboxylic acids is 1. The summed E-state index contributed by atoms with van der Waals surface area (Å²) in [6.45, 7) is 3.96. The van der Waals surface area contributed by atoms with Crippen molar-refractivity contribution in [1.82, 2.24) is 24.7 Å². The van der Waals surface area contributed by atoms with Gasteiger partial charge in [-0.2, -0.15) is 4.98 Å². The highest BCUT2D eigenvalue weighted by atomic mass is 35.5. The van der Waals surface area contributed by atoms with Gasteiger partial charge < -0.3 is 9.84 Å². The number of likely N-dealkylation sites (tertiary alicyclic amines) is 1. The van der Waals surface area contributed by atoms with Crippen LogP contribution in [-0.2, 0) is 21.4 Å². The Bertz CT molecular complexity index is 1080. The van der Waals surface area contributed by atoms with Crippen molar-refractivity contribution in [3.63, 3.8) is 0 Å². The Morgan fingerprint density at radius 3 is 2.66 bits per heavy atom. The molecule has 9 nitrogen and oxygen atoms in total. The molecule has 1 unspecified atom stereocenters. The lowest BCUT2D eigenvalue weighted by Crippen LogP contribution is -2.44. The molecule has 2 aromatic rings. The van der Waals surface area contributed by atoms with Crippen LogP contribution in [0.3, 0.4) is 0 Å². The number of aromatic nitrogens is 2. The third kappa shape index (κ3) is 5.14. The molecule has 174 valence electrons. The predicted octanol–water partition coefficient (Wildman–Crippen LogP) is 2.14. The number of hydrogen-bond acceptors (Lipinski definition) is 7. The lowest BCUT2D eigenvalue weighted by atomic mass is 9.77. The van der Waals surface area contributed by atoms with Gasteiger partial charge in [0, 0.05) is 31.2 Å². The number of rotatable bonds is 6. The van der Waals surface area contributed by atoms with Crippen LogP contribution in [0.25, 0.3) is 0 Å². The molecule has 11 heteroatoms. The topological polar surface area (TPSA) is 109 Å². The van der Waals surface area contributed by atoms with Crippen molar-refractivity contribution < 1.29 is 17.7 Å². The van der Waals surface area contributed by atoms with Crippen molar-refractivity contribution >= 4 is 27.5 Å². The molecule has 0 aliphatic carbocycles. The van der Waals surface area contributed by atoms with Crippen LogP contribution in [-0.4, -0.2) is 66.1 Å². The number of halogens is 1. The second-order valence-electron chi connectivity index (χ2n) is 8.83. The maximum absolute atomic E-state index is 12.8. The van der Waals surface area contributed by atoms with E-state index in [1.165, 1.54) is 10.6 Å². The second kappa shape index (κ2) is 9.09. The van der Waals surface area contributed by atoms with Crippen molar-refractivity contribution in [1.29, 1.82) is 0 Å². The fraction of sp³-hybridized carbons (Fsp3) is 0.571. The Morgan fingerprint density at radius 2 is 2.03 bits per heavy atom. The van der Waals surface area contributed by atoms with Crippen LogP contribution >= 0.6 is 11.6 Å². The summed E-state index contributed by atoms with van der Waals surface area (Å²) in [6, 6.07) is 7.24. The van der Waals surface area contributed by atoms with Crippen molar-refractivity contribution in [3.05, 3.63) is 46.6 Å². The van der Waals surface area contributed by atoms with E-state index in [2.05, 4.69) is 20.4 Å². The van der Waals surface area contributed by atoms with Gasteiger partial charge in [0.25, 0.3) is 0 Å². The highest BCUT2D eigenvalue weighted by molar-refractivity contribution is 7.88. The lowest BCUT2D eigenvalue weighted by molar-refractivity contribution is -0.122.